The molecule has 4 heteroatoms. The molecule has 4 nitrogen and oxygen atoms in total. The molecule has 2 heterocycles. The van der Waals surface area contributed by atoms with Gasteiger partial charge in [0, 0.05) is 25.7 Å². The van der Waals surface area contributed by atoms with E-state index >= 15 is 0 Å². The minimum Gasteiger partial charge on any atom is -0.381 e. The predicted octanol–water partition coefficient (Wildman–Crippen LogP) is -0.157. The molecule has 80 valence electrons. The van der Waals surface area contributed by atoms with E-state index in [4.69, 9.17) is 4.74 Å². The van der Waals surface area contributed by atoms with Crippen molar-refractivity contribution < 1.29 is 9.53 Å². The van der Waals surface area contributed by atoms with Crippen LogP contribution in [0.3, 0.4) is 0 Å². The minimum atomic E-state index is 0.130. The van der Waals surface area contributed by atoms with E-state index in [2.05, 4.69) is 5.32 Å². The summed E-state index contributed by atoms with van der Waals surface area (Å²) < 4.78 is 5.23. The zero-order chi connectivity index (χ0) is 9.97. The van der Waals surface area contributed by atoms with E-state index in [1.807, 2.05) is 11.9 Å². The summed E-state index contributed by atoms with van der Waals surface area (Å²) in [5.74, 6) is 0.422. The number of hydrogen-bond donors (Lipinski definition) is 1. The molecule has 2 saturated heterocycles. The van der Waals surface area contributed by atoms with Gasteiger partial charge in [-0.25, -0.2) is 0 Å². The number of hydrogen-bond acceptors (Lipinski definition) is 3. The molecule has 2 fully saturated rings. The van der Waals surface area contributed by atoms with Crippen LogP contribution in [0.1, 0.15) is 12.8 Å². The third-order valence-electron chi connectivity index (χ3n) is 3.19. The van der Waals surface area contributed by atoms with E-state index in [1.54, 1.807) is 0 Å². The van der Waals surface area contributed by atoms with Gasteiger partial charge in [-0.05, 0) is 19.9 Å². The zero-order valence-electron chi connectivity index (χ0n) is 8.66. The highest BCUT2D eigenvalue weighted by Crippen LogP contribution is 2.18. The Hall–Kier alpha value is -0.610. The van der Waals surface area contributed by atoms with E-state index in [0.29, 0.717) is 18.6 Å². The maximum Gasteiger partial charge on any atom is 0.228 e. The second kappa shape index (κ2) is 4.28. The summed E-state index contributed by atoms with van der Waals surface area (Å²) in [4.78, 5) is 13.9. The first-order chi connectivity index (χ1) is 6.81. The van der Waals surface area contributed by atoms with E-state index < -0.39 is 0 Å². The number of ether oxygens (including phenoxy) is 1. The van der Waals surface area contributed by atoms with Crippen molar-refractivity contribution >= 4 is 5.91 Å². The van der Waals surface area contributed by atoms with E-state index in [-0.39, 0.29) is 5.92 Å². The lowest BCUT2D eigenvalue weighted by molar-refractivity contribution is -0.134. The number of likely N-dealkylation sites (tertiary alicyclic amines) is 1. The van der Waals surface area contributed by atoms with Crippen LogP contribution in [-0.2, 0) is 9.53 Å². The monoisotopic (exact) mass is 198 g/mol. The number of carbonyl (C=O) groups excluding carboxylic acids is 1. The summed E-state index contributed by atoms with van der Waals surface area (Å²) in [5, 5.41) is 3.21. The van der Waals surface area contributed by atoms with Crippen LogP contribution in [0, 0.1) is 5.92 Å². The van der Waals surface area contributed by atoms with Gasteiger partial charge in [-0.2, -0.15) is 0 Å². The van der Waals surface area contributed by atoms with Crippen molar-refractivity contribution in [3.8, 4) is 0 Å². The average molecular weight is 198 g/mol. The summed E-state index contributed by atoms with van der Waals surface area (Å²) in [6, 6.07) is 0.487. The standard InChI is InChI=1S/C10H18N2O2/c1-11-9-2-4-12(6-9)10(13)8-3-5-14-7-8/h8-9,11H,2-7H2,1H3/t8?,9-/m0/s1. The Morgan fingerprint density at radius 2 is 2.36 bits per heavy atom. The molecule has 2 atom stereocenters. The van der Waals surface area contributed by atoms with Crippen molar-refractivity contribution in [2.75, 3.05) is 33.4 Å². The molecule has 0 spiro atoms. The van der Waals surface area contributed by atoms with Gasteiger partial charge in [0.05, 0.1) is 12.5 Å². The van der Waals surface area contributed by atoms with Crippen molar-refractivity contribution in [2.24, 2.45) is 5.92 Å². The molecule has 0 saturated carbocycles. The molecule has 0 radical (unpaired) electrons. The third-order valence-corrected chi connectivity index (χ3v) is 3.19. The fourth-order valence-corrected chi connectivity index (χ4v) is 2.18. The van der Waals surface area contributed by atoms with Gasteiger partial charge in [-0.1, -0.05) is 0 Å². The van der Waals surface area contributed by atoms with Crippen LogP contribution in [0.5, 0.6) is 0 Å². The topological polar surface area (TPSA) is 41.6 Å². The lowest BCUT2D eigenvalue weighted by Gasteiger charge is -2.19. The Balaban J connectivity index is 1.86. The highest BCUT2D eigenvalue weighted by Gasteiger charge is 2.32. The maximum atomic E-state index is 11.9. The van der Waals surface area contributed by atoms with Crippen molar-refractivity contribution in [3.63, 3.8) is 0 Å². The fraction of sp³-hybridized carbons (Fsp3) is 0.900. The minimum absolute atomic E-state index is 0.130. The van der Waals surface area contributed by atoms with Crippen molar-refractivity contribution in [1.29, 1.82) is 0 Å². The molecule has 2 aliphatic rings. The number of nitrogens with one attached hydrogen (secondary N) is 1. The molecule has 1 unspecified atom stereocenters. The molecule has 0 aliphatic carbocycles. The number of amides is 1. The highest BCUT2D eigenvalue weighted by molar-refractivity contribution is 5.79. The average Bonchev–Trinajstić information content (AvgIpc) is 2.88. The smallest absolute Gasteiger partial charge is 0.228 e. The Kier molecular flexibility index (Phi) is 3.03. The highest BCUT2D eigenvalue weighted by atomic mass is 16.5. The quantitative estimate of drug-likeness (QED) is 0.670. The Morgan fingerprint density at radius 1 is 1.50 bits per heavy atom. The van der Waals surface area contributed by atoms with Crippen LogP contribution >= 0.6 is 0 Å². The molecule has 0 aromatic heterocycles. The third kappa shape index (κ3) is 1.91. The van der Waals surface area contributed by atoms with Gasteiger partial charge in [-0.15, -0.1) is 0 Å². The van der Waals surface area contributed by atoms with E-state index in [9.17, 15) is 4.79 Å². The molecule has 2 aliphatic heterocycles. The second-order valence-electron chi connectivity index (χ2n) is 4.12. The lowest BCUT2D eigenvalue weighted by Crippen LogP contribution is -2.37. The van der Waals surface area contributed by atoms with Crippen LogP contribution in [-0.4, -0.2) is 50.2 Å². The Labute approximate surface area is 84.6 Å². The van der Waals surface area contributed by atoms with Gasteiger partial charge in [-0.3, -0.25) is 4.79 Å². The number of rotatable bonds is 2. The number of likely N-dealkylation sites (N-methyl/N-ethyl adjacent to an activating group) is 1. The fourth-order valence-electron chi connectivity index (χ4n) is 2.18. The van der Waals surface area contributed by atoms with Crippen LogP contribution < -0.4 is 5.32 Å². The van der Waals surface area contributed by atoms with Gasteiger partial charge in [0.25, 0.3) is 0 Å². The molecule has 0 aromatic rings. The molecule has 14 heavy (non-hydrogen) atoms. The maximum absolute atomic E-state index is 11.9. The zero-order valence-corrected chi connectivity index (χ0v) is 8.66. The second-order valence-corrected chi connectivity index (χ2v) is 4.12. The summed E-state index contributed by atoms with van der Waals surface area (Å²) in [7, 11) is 1.96. The predicted molar refractivity (Wildman–Crippen MR) is 53.0 cm³/mol. The summed E-state index contributed by atoms with van der Waals surface area (Å²) in [6.07, 6.45) is 1.98. The summed E-state index contributed by atoms with van der Waals surface area (Å²) in [5.41, 5.74) is 0. The van der Waals surface area contributed by atoms with Gasteiger partial charge >= 0.3 is 0 Å². The largest absolute Gasteiger partial charge is 0.381 e. The van der Waals surface area contributed by atoms with Crippen molar-refractivity contribution in [3.05, 3.63) is 0 Å². The summed E-state index contributed by atoms with van der Waals surface area (Å²) in [6.45, 7) is 3.14. The van der Waals surface area contributed by atoms with Crippen LogP contribution in [0.15, 0.2) is 0 Å². The Bertz CT molecular complexity index is 214. The number of carbonyl (C=O) groups is 1. The molecular formula is C10H18N2O2. The van der Waals surface area contributed by atoms with Gasteiger partial charge in [0.2, 0.25) is 5.91 Å². The summed E-state index contributed by atoms with van der Waals surface area (Å²) >= 11 is 0. The van der Waals surface area contributed by atoms with Crippen molar-refractivity contribution in [2.45, 2.75) is 18.9 Å². The molecular weight excluding hydrogens is 180 g/mol. The lowest BCUT2D eigenvalue weighted by atomic mass is 10.1. The van der Waals surface area contributed by atoms with Crippen LogP contribution in [0.25, 0.3) is 0 Å². The van der Waals surface area contributed by atoms with Crippen molar-refractivity contribution in [1.82, 2.24) is 10.2 Å². The van der Waals surface area contributed by atoms with Crippen LogP contribution in [0.4, 0.5) is 0 Å². The Morgan fingerprint density at radius 3 is 2.93 bits per heavy atom. The first kappa shape index (κ1) is 9.93. The molecule has 2 rings (SSSR count). The molecule has 0 bridgehead atoms. The first-order valence-electron chi connectivity index (χ1n) is 5.35. The van der Waals surface area contributed by atoms with E-state index in [0.717, 1.165) is 32.5 Å². The molecule has 1 N–H and O–H groups in total. The number of nitrogens with zero attached hydrogens (tertiary/aromatic N) is 1. The molecule has 1 amide bonds. The molecule has 0 aromatic carbocycles. The van der Waals surface area contributed by atoms with Crippen LogP contribution in [0.2, 0.25) is 0 Å². The van der Waals surface area contributed by atoms with Gasteiger partial charge in [0.15, 0.2) is 0 Å². The first-order valence-corrected chi connectivity index (χ1v) is 5.35. The normalized spacial score (nSPS) is 32.5. The van der Waals surface area contributed by atoms with Gasteiger partial charge in [0.1, 0.15) is 0 Å². The van der Waals surface area contributed by atoms with E-state index in [1.165, 1.54) is 0 Å². The SMILES string of the molecule is CN[C@H]1CCN(C(=O)C2CCOC2)C1. The van der Waals surface area contributed by atoms with Gasteiger partial charge < -0.3 is 15.0 Å².